The molecule has 1 N–H and O–H groups in total. The molecule has 3 rings (SSSR count). The average Bonchev–Trinajstić information content (AvgIpc) is 2.89. The highest BCUT2D eigenvalue weighted by molar-refractivity contribution is 5.85. The lowest BCUT2D eigenvalue weighted by molar-refractivity contribution is -0.131. The number of hydrogen-bond acceptors (Lipinski definition) is 2. The van der Waals surface area contributed by atoms with Gasteiger partial charge in [0.25, 0.3) is 0 Å². The predicted molar refractivity (Wildman–Crippen MR) is 84.3 cm³/mol. The number of carbonyl (C=O) groups is 1. The third-order valence-corrected chi connectivity index (χ3v) is 3.73. The highest BCUT2D eigenvalue weighted by Crippen LogP contribution is 2.28. The van der Waals surface area contributed by atoms with Crippen LogP contribution in [0.25, 0.3) is 6.08 Å². The third kappa shape index (κ3) is 3.14. The smallest absolute Gasteiger partial charge is 0.328 e. The lowest BCUT2D eigenvalue weighted by atomic mass is 10.1. The molecule has 0 amide bonds. The van der Waals surface area contributed by atoms with E-state index in [1.165, 1.54) is 22.9 Å². The SMILES string of the molecule is O=C(O)C=Cc1cccc(CN2CCc3ccccc32)c1. The van der Waals surface area contributed by atoms with Crippen molar-refractivity contribution < 1.29 is 9.90 Å². The maximum absolute atomic E-state index is 10.6. The second-order valence-corrected chi connectivity index (χ2v) is 5.22. The second-order valence-electron chi connectivity index (χ2n) is 5.22. The first-order valence-corrected chi connectivity index (χ1v) is 7.05. The molecule has 0 saturated heterocycles. The Kier molecular flexibility index (Phi) is 3.73. The van der Waals surface area contributed by atoms with Gasteiger partial charge < -0.3 is 10.0 Å². The zero-order valence-electron chi connectivity index (χ0n) is 11.7. The van der Waals surface area contributed by atoms with E-state index < -0.39 is 5.97 Å². The maximum atomic E-state index is 10.6. The molecule has 3 nitrogen and oxygen atoms in total. The molecule has 0 saturated carbocycles. The van der Waals surface area contributed by atoms with Gasteiger partial charge in [-0.05, 0) is 41.3 Å². The first-order valence-electron chi connectivity index (χ1n) is 7.05. The Morgan fingerprint density at radius 2 is 2.05 bits per heavy atom. The number of anilines is 1. The number of carboxylic acid groups (broad SMARTS) is 1. The Labute approximate surface area is 124 Å². The highest BCUT2D eigenvalue weighted by atomic mass is 16.4. The first kappa shape index (κ1) is 13.4. The molecule has 2 aromatic carbocycles. The van der Waals surface area contributed by atoms with Crippen LogP contribution in [0.4, 0.5) is 5.69 Å². The molecule has 0 aliphatic carbocycles. The Hall–Kier alpha value is -2.55. The summed E-state index contributed by atoms with van der Waals surface area (Å²) in [4.78, 5) is 12.9. The summed E-state index contributed by atoms with van der Waals surface area (Å²) >= 11 is 0. The molecule has 0 bridgehead atoms. The lowest BCUT2D eigenvalue weighted by Crippen LogP contribution is -2.19. The number of para-hydroxylation sites is 1. The quantitative estimate of drug-likeness (QED) is 0.873. The molecular formula is C18H17NO2. The Morgan fingerprint density at radius 3 is 2.90 bits per heavy atom. The molecule has 1 aliphatic heterocycles. The van der Waals surface area contributed by atoms with E-state index in [1.807, 2.05) is 18.2 Å². The van der Waals surface area contributed by atoms with Crippen molar-refractivity contribution in [3.8, 4) is 0 Å². The van der Waals surface area contributed by atoms with Gasteiger partial charge in [0, 0.05) is 24.9 Å². The Morgan fingerprint density at radius 1 is 1.19 bits per heavy atom. The van der Waals surface area contributed by atoms with Crippen molar-refractivity contribution in [1.29, 1.82) is 0 Å². The van der Waals surface area contributed by atoms with Crippen LogP contribution in [-0.4, -0.2) is 17.6 Å². The highest BCUT2D eigenvalue weighted by Gasteiger charge is 2.17. The molecule has 0 unspecified atom stereocenters. The van der Waals surface area contributed by atoms with Gasteiger partial charge in [-0.2, -0.15) is 0 Å². The van der Waals surface area contributed by atoms with Crippen LogP contribution in [0.2, 0.25) is 0 Å². The third-order valence-electron chi connectivity index (χ3n) is 3.73. The van der Waals surface area contributed by atoms with E-state index in [-0.39, 0.29) is 0 Å². The van der Waals surface area contributed by atoms with Crippen LogP contribution in [0.1, 0.15) is 16.7 Å². The van der Waals surface area contributed by atoms with Crippen molar-refractivity contribution in [3.05, 3.63) is 71.3 Å². The minimum atomic E-state index is -0.922. The molecule has 2 aromatic rings. The van der Waals surface area contributed by atoms with Crippen molar-refractivity contribution >= 4 is 17.7 Å². The molecule has 0 spiro atoms. The zero-order valence-corrected chi connectivity index (χ0v) is 11.7. The summed E-state index contributed by atoms with van der Waals surface area (Å²) < 4.78 is 0. The molecule has 106 valence electrons. The fourth-order valence-electron chi connectivity index (χ4n) is 2.75. The molecule has 3 heteroatoms. The van der Waals surface area contributed by atoms with Gasteiger partial charge in [0.05, 0.1) is 0 Å². The number of carboxylic acids is 1. The Bertz CT molecular complexity index is 691. The van der Waals surface area contributed by atoms with Gasteiger partial charge >= 0.3 is 5.97 Å². The fraction of sp³-hybridized carbons (Fsp3) is 0.167. The monoisotopic (exact) mass is 279 g/mol. The normalized spacial score (nSPS) is 13.6. The summed E-state index contributed by atoms with van der Waals surface area (Å²) in [7, 11) is 0. The van der Waals surface area contributed by atoms with Crippen LogP contribution in [0, 0.1) is 0 Å². The summed E-state index contributed by atoms with van der Waals surface area (Å²) in [5.74, 6) is -0.922. The molecule has 0 atom stereocenters. The minimum Gasteiger partial charge on any atom is -0.478 e. The van der Waals surface area contributed by atoms with Crippen LogP contribution >= 0.6 is 0 Å². The van der Waals surface area contributed by atoms with Crippen molar-refractivity contribution in [2.24, 2.45) is 0 Å². The topological polar surface area (TPSA) is 40.5 Å². The lowest BCUT2D eigenvalue weighted by Gasteiger charge is -2.19. The molecule has 21 heavy (non-hydrogen) atoms. The number of rotatable bonds is 4. The zero-order chi connectivity index (χ0) is 14.7. The molecular weight excluding hydrogens is 262 g/mol. The summed E-state index contributed by atoms with van der Waals surface area (Å²) in [5, 5.41) is 8.69. The number of nitrogens with zero attached hydrogens (tertiary/aromatic N) is 1. The van der Waals surface area contributed by atoms with Crippen molar-refractivity contribution in [1.82, 2.24) is 0 Å². The van der Waals surface area contributed by atoms with Crippen molar-refractivity contribution in [2.75, 3.05) is 11.4 Å². The largest absolute Gasteiger partial charge is 0.478 e. The van der Waals surface area contributed by atoms with Gasteiger partial charge in [0.15, 0.2) is 0 Å². The standard InChI is InChI=1S/C18H17NO2/c20-18(21)9-8-14-4-3-5-15(12-14)13-19-11-10-16-6-1-2-7-17(16)19/h1-9,12H,10-11,13H2,(H,20,21). The van der Waals surface area contributed by atoms with Gasteiger partial charge in [-0.25, -0.2) is 4.79 Å². The van der Waals surface area contributed by atoms with Crippen molar-refractivity contribution in [2.45, 2.75) is 13.0 Å². The van der Waals surface area contributed by atoms with Crippen molar-refractivity contribution in [3.63, 3.8) is 0 Å². The number of fused-ring (bicyclic) bond motifs is 1. The minimum absolute atomic E-state index is 0.853. The average molecular weight is 279 g/mol. The van der Waals surface area contributed by atoms with E-state index in [1.54, 1.807) is 6.08 Å². The predicted octanol–water partition coefficient (Wildman–Crippen LogP) is 3.35. The fourth-order valence-corrected chi connectivity index (χ4v) is 2.75. The van der Waals surface area contributed by atoms with Gasteiger partial charge in [-0.15, -0.1) is 0 Å². The molecule has 0 fully saturated rings. The maximum Gasteiger partial charge on any atom is 0.328 e. The number of aliphatic carboxylic acids is 1. The van der Waals surface area contributed by atoms with Gasteiger partial charge in [-0.3, -0.25) is 0 Å². The molecule has 1 heterocycles. The van der Waals surface area contributed by atoms with E-state index in [0.29, 0.717) is 0 Å². The van der Waals surface area contributed by atoms with Crippen LogP contribution in [-0.2, 0) is 17.8 Å². The number of hydrogen-bond donors (Lipinski definition) is 1. The molecule has 0 aromatic heterocycles. The summed E-state index contributed by atoms with van der Waals surface area (Å²) in [6, 6.07) is 16.5. The van der Waals surface area contributed by atoms with Crippen LogP contribution < -0.4 is 4.90 Å². The summed E-state index contributed by atoms with van der Waals surface area (Å²) in [6.45, 7) is 1.89. The van der Waals surface area contributed by atoms with E-state index in [9.17, 15) is 4.79 Å². The summed E-state index contributed by atoms with van der Waals surface area (Å²) in [5.41, 5.74) is 4.82. The van der Waals surface area contributed by atoms with Gasteiger partial charge in [0.2, 0.25) is 0 Å². The van der Waals surface area contributed by atoms with Crippen LogP contribution in [0.15, 0.2) is 54.6 Å². The van der Waals surface area contributed by atoms with E-state index in [2.05, 4.69) is 35.2 Å². The van der Waals surface area contributed by atoms with E-state index in [0.717, 1.165) is 25.1 Å². The second kappa shape index (κ2) is 5.83. The summed E-state index contributed by atoms with van der Waals surface area (Å²) in [6.07, 6.45) is 3.89. The van der Waals surface area contributed by atoms with Crippen LogP contribution in [0.3, 0.4) is 0 Å². The Balaban J connectivity index is 1.77. The van der Waals surface area contributed by atoms with Gasteiger partial charge in [0.1, 0.15) is 0 Å². The number of benzene rings is 2. The van der Waals surface area contributed by atoms with E-state index in [4.69, 9.17) is 5.11 Å². The first-order chi connectivity index (χ1) is 10.2. The van der Waals surface area contributed by atoms with Gasteiger partial charge in [-0.1, -0.05) is 36.4 Å². The van der Waals surface area contributed by atoms with Crippen LogP contribution in [0.5, 0.6) is 0 Å². The molecule has 0 radical (unpaired) electrons. The molecule has 1 aliphatic rings. The van der Waals surface area contributed by atoms with E-state index >= 15 is 0 Å².